The van der Waals surface area contributed by atoms with Gasteiger partial charge in [0.1, 0.15) is 0 Å². The summed E-state index contributed by atoms with van der Waals surface area (Å²) in [6, 6.07) is 14.6. The fourth-order valence-corrected chi connectivity index (χ4v) is 2.41. The molecular formula is C15H13F3N2O3S. The highest BCUT2D eigenvalue weighted by molar-refractivity contribution is 7.90. The summed E-state index contributed by atoms with van der Waals surface area (Å²) < 4.78 is 60.0. The fourth-order valence-electron chi connectivity index (χ4n) is 1.99. The second-order valence-electron chi connectivity index (χ2n) is 4.78. The number of carbonyl (C=O) groups is 1. The number of nitrogens with one attached hydrogen (secondary N) is 2. The highest BCUT2D eigenvalue weighted by atomic mass is 32.2. The summed E-state index contributed by atoms with van der Waals surface area (Å²) in [5.74, 6) is 0. The standard InChI is InChI=1S/C15H13F3N2O3S/c16-15(17,18)24(22,23)20-14(21)19-13(11-7-3-1-4-8-11)12-9-5-2-6-10-12/h1-10,13H,(H2,19,20,21). The van der Waals surface area contributed by atoms with Crippen molar-refractivity contribution in [3.05, 3.63) is 71.8 Å². The first-order valence-corrected chi connectivity index (χ1v) is 8.18. The molecule has 2 amide bonds. The van der Waals surface area contributed by atoms with Gasteiger partial charge >= 0.3 is 21.6 Å². The largest absolute Gasteiger partial charge is 0.516 e. The van der Waals surface area contributed by atoms with Gasteiger partial charge in [-0.25, -0.2) is 9.52 Å². The van der Waals surface area contributed by atoms with Crippen LogP contribution in [0.2, 0.25) is 0 Å². The van der Waals surface area contributed by atoms with Crippen LogP contribution in [0.15, 0.2) is 60.7 Å². The number of hydrogen-bond acceptors (Lipinski definition) is 3. The van der Waals surface area contributed by atoms with Crippen molar-refractivity contribution in [3.8, 4) is 0 Å². The van der Waals surface area contributed by atoms with Crippen molar-refractivity contribution >= 4 is 16.1 Å². The Morgan fingerprint density at radius 2 is 1.29 bits per heavy atom. The van der Waals surface area contributed by atoms with Crippen molar-refractivity contribution in [2.45, 2.75) is 11.6 Å². The van der Waals surface area contributed by atoms with E-state index in [0.717, 1.165) is 4.72 Å². The molecule has 128 valence electrons. The van der Waals surface area contributed by atoms with Crippen LogP contribution in [-0.4, -0.2) is 20.0 Å². The summed E-state index contributed by atoms with van der Waals surface area (Å²) in [6.45, 7) is 0. The van der Waals surface area contributed by atoms with Gasteiger partial charge in [-0.2, -0.15) is 21.6 Å². The molecule has 0 bridgehead atoms. The van der Waals surface area contributed by atoms with Crippen molar-refractivity contribution in [1.82, 2.24) is 10.0 Å². The zero-order valence-electron chi connectivity index (χ0n) is 12.1. The maximum absolute atomic E-state index is 12.3. The van der Waals surface area contributed by atoms with Crippen molar-refractivity contribution < 1.29 is 26.4 Å². The first-order chi connectivity index (χ1) is 11.2. The first kappa shape index (κ1) is 17.8. The van der Waals surface area contributed by atoms with Crippen molar-refractivity contribution in [3.63, 3.8) is 0 Å². The van der Waals surface area contributed by atoms with Crippen LogP contribution in [0.4, 0.5) is 18.0 Å². The normalized spacial score (nSPS) is 12.0. The lowest BCUT2D eigenvalue weighted by Crippen LogP contribution is -2.46. The molecule has 2 aromatic rings. The van der Waals surface area contributed by atoms with E-state index in [0.29, 0.717) is 11.1 Å². The van der Waals surface area contributed by atoms with Gasteiger partial charge in [-0.05, 0) is 11.1 Å². The fraction of sp³-hybridized carbons (Fsp3) is 0.133. The van der Waals surface area contributed by atoms with Crippen LogP contribution in [0.3, 0.4) is 0 Å². The van der Waals surface area contributed by atoms with E-state index in [9.17, 15) is 26.4 Å². The van der Waals surface area contributed by atoms with E-state index < -0.39 is 27.6 Å². The molecule has 24 heavy (non-hydrogen) atoms. The van der Waals surface area contributed by atoms with Gasteiger partial charge in [-0.1, -0.05) is 60.7 Å². The van der Waals surface area contributed by atoms with Crippen LogP contribution in [0.25, 0.3) is 0 Å². The molecule has 0 spiro atoms. The lowest BCUT2D eigenvalue weighted by Gasteiger charge is -2.20. The highest BCUT2D eigenvalue weighted by Crippen LogP contribution is 2.23. The molecular weight excluding hydrogens is 345 g/mol. The summed E-state index contributed by atoms with van der Waals surface area (Å²) in [4.78, 5) is 11.8. The molecule has 0 saturated carbocycles. The summed E-state index contributed by atoms with van der Waals surface area (Å²) in [5.41, 5.74) is -4.40. The number of amides is 2. The Bertz CT molecular complexity index is 754. The van der Waals surface area contributed by atoms with E-state index in [-0.39, 0.29) is 0 Å². The third-order valence-electron chi connectivity index (χ3n) is 3.07. The van der Waals surface area contributed by atoms with Crippen LogP contribution in [0.1, 0.15) is 17.2 Å². The Morgan fingerprint density at radius 1 is 0.875 bits per heavy atom. The van der Waals surface area contributed by atoms with E-state index >= 15 is 0 Å². The zero-order chi connectivity index (χ0) is 17.8. The number of sulfonamides is 1. The number of hydrogen-bond donors (Lipinski definition) is 2. The van der Waals surface area contributed by atoms with Crippen LogP contribution >= 0.6 is 0 Å². The molecule has 0 saturated heterocycles. The molecule has 0 fully saturated rings. The number of rotatable bonds is 4. The van der Waals surface area contributed by atoms with E-state index in [1.54, 1.807) is 60.7 Å². The molecule has 5 nitrogen and oxygen atoms in total. The van der Waals surface area contributed by atoms with Gasteiger partial charge in [0.2, 0.25) is 0 Å². The van der Waals surface area contributed by atoms with Crippen molar-refractivity contribution in [2.75, 3.05) is 0 Å². The van der Waals surface area contributed by atoms with Gasteiger partial charge in [-0.15, -0.1) is 0 Å². The molecule has 0 aliphatic carbocycles. The third kappa shape index (κ3) is 4.25. The molecule has 9 heteroatoms. The quantitative estimate of drug-likeness (QED) is 0.882. The molecule has 2 aromatic carbocycles. The average Bonchev–Trinajstić information content (AvgIpc) is 2.53. The van der Waals surface area contributed by atoms with Gasteiger partial charge in [0.15, 0.2) is 0 Å². The molecule has 0 aromatic heterocycles. The van der Waals surface area contributed by atoms with Crippen LogP contribution in [0.5, 0.6) is 0 Å². The van der Waals surface area contributed by atoms with Gasteiger partial charge in [0.05, 0.1) is 6.04 Å². The predicted octanol–water partition coefficient (Wildman–Crippen LogP) is 2.92. The number of urea groups is 1. The molecule has 0 unspecified atom stereocenters. The topological polar surface area (TPSA) is 75.3 Å². The van der Waals surface area contributed by atoms with E-state index in [2.05, 4.69) is 5.32 Å². The average molecular weight is 358 g/mol. The lowest BCUT2D eigenvalue weighted by atomic mass is 9.99. The number of carbonyl (C=O) groups excluding carboxylic acids is 1. The summed E-state index contributed by atoms with van der Waals surface area (Å²) in [5, 5.41) is 2.25. The van der Waals surface area contributed by atoms with Gasteiger partial charge in [0, 0.05) is 0 Å². The summed E-state index contributed by atoms with van der Waals surface area (Å²) in [6.07, 6.45) is 0. The molecule has 2 N–H and O–H groups in total. The number of alkyl halides is 3. The molecule has 0 aliphatic heterocycles. The van der Waals surface area contributed by atoms with Crippen molar-refractivity contribution in [2.24, 2.45) is 0 Å². The van der Waals surface area contributed by atoms with Gasteiger partial charge in [0.25, 0.3) is 0 Å². The minimum atomic E-state index is -5.77. The molecule has 0 aliphatic rings. The molecule has 0 atom stereocenters. The van der Waals surface area contributed by atoms with Crippen LogP contribution in [-0.2, 0) is 10.0 Å². The first-order valence-electron chi connectivity index (χ1n) is 6.70. The lowest BCUT2D eigenvalue weighted by molar-refractivity contribution is -0.0444. The third-order valence-corrected chi connectivity index (χ3v) is 4.14. The summed E-state index contributed by atoms with van der Waals surface area (Å²) in [7, 11) is -5.77. The van der Waals surface area contributed by atoms with E-state index in [4.69, 9.17) is 0 Å². The Hall–Kier alpha value is -2.55. The Balaban J connectivity index is 2.26. The van der Waals surface area contributed by atoms with Gasteiger partial charge < -0.3 is 5.32 Å². The second-order valence-corrected chi connectivity index (χ2v) is 6.45. The SMILES string of the molecule is O=C(NC(c1ccccc1)c1ccccc1)NS(=O)(=O)C(F)(F)F. The molecule has 0 radical (unpaired) electrons. The predicted molar refractivity (Wildman–Crippen MR) is 81.4 cm³/mol. The van der Waals surface area contributed by atoms with Crippen LogP contribution in [0, 0.1) is 0 Å². The minimum absolute atomic E-state index is 0.586. The molecule has 2 rings (SSSR count). The van der Waals surface area contributed by atoms with E-state index in [1.807, 2.05) is 0 Å². The zero-order valence-corrected chi connectivity index (χ0v) is 12.9. The second kappa shape index (κ2) is 6.91. The van der Waals surface area contributed by atoms with E-state index in [1.165, 1.54) is 0 Å². The van der Waals surface area contributed by atoms with Crippen molar-refractivity contribution in [1.29, 1.82) is 0 Å². The maximum Gasteiger partial charge on any atom is 0.516 e. The monoisotopic (exact) mass is 358 g/mol. The Labute approximate surface area is 136 Å². The van der Waals surface area contributed by atoms with Gasteiger partial charge in [-0.3, -0.25) is 0 Å². The summed E-state index contributed by atoms with van der Waals surface area (Å²) >= 11 is 0. The molecule has 0 heterocycles. The number of halogens is 3. The number of benzene rings is 2. The smallest absolute Gasteiger partial charge is 0.326 e. The van der Waals surface area contributed by atoms with Crippen LogP contribution < -0.4 is 10.0 Å². The maximum atomic E-state index is 12.3. The minimum Gasteiger partial charge on any atom is -0.326 e. The Morgan fingerprint density at radius 3 is 1.67 bits per heavy atom. The Kier molecular flexibility index (Phi) is 5.13. The highest BCUT2D eigenvalue weighted by Gasteiger charge is 2.47.